The minimum atomic E-state index is -0.836. The maximum absolute atomic E-state index is 11.3. The van der Waals surface area contributed by atoms with Gasteiger partial charge in [0.25, 0.3) is 0 Å². The number of aliphatic carboxylic acids is 2. The van der Waals surface area contributed by atoms with Gasteiger partial charge < -0.3 is 10.2 Å². The normalized spacial score (nSPS) is 23.3. The van der Waals surface area contributed by atoms with Crippen molar-refractivity contribution in [3.8, 4) is 0 Å². The molecule has 3 atom stereocenters. The summed E-state index contributed by atoms with van der Waals surface area (Å²) < 4.78 is 0. The molecule has 0 aromatic carbocycles. The number of rotatable bonds is 6. The smallest absolute Gasteiger partial charge is 0.320 e. The molecule has 7 nitrogen and oxygen atoms in total. The molecule has 0 aliphatic carbocycles. The zero-order chi connectivity index (χ0) is 17.6. The topological polar surface area (TPSA) is 84.3 Å². The Morgan fingerprint density at radius 1 is 0.783 bits per heavy atom. The molecule has 2 N–H and O–H groups in total. The monoisotopic (exact) mass is 329 g/mol. The van der Waals surface area contributed by atoms with E-state index in [1.165, 1.54) is 0 Å². The quantitative estimate of drug-likeness (QED) is 0.740. The van der Waals surface area contributed by atoms with Gasteiger partial charge in [-0.25, -0.2) is 0 Å². The van der Waals surface area contributed by atoms with Crippen LogP contribution in [0.25, 0.3) is 0 Å². The van der Waals surface area contributed by atoms with Crippen molar-refractivity contribution in [3.05, 3.63) is 0 Å². The first kappa shape index (κ1) is 19.9. The van der Waals surface area contributed by atoms with Gasteiger partial charge in [-0.2, -0.15) is 0 Å². The summed E-state index contributed by atoms with van der Waals surface area (Å²) in [5.74, 6) is -1.67. The highest BCUT2D eigenvalue weighted by Crippen LogP contribution is 2.11. The van der Waals surface area contributed by atoms with Crippen LogP contribution >= 0.6 is 0 Å². The fraction of sp³-hybridized carbons (Fsp3) is 0.875. The van der Waals surface area contributed by atoms with Crippen molar-refractivity contribution in [1.82, 2.24) is 14.7 Å². The Balaban J connectivity index is 2.90. The van der Waals surface area contributed by atoms with Gasteiger partial charge in [0, 0.05) is 45.3 Å². The maximum Gasteiger partial charge on any atom is 0.320 e. The van der Waals surface area contributed by atoms with Crippen LogP contribution in [0.1, 0.15) is 34.1 Å². The third-order valence-electron chi connectivity index (χ3n) is 5.05. The van der Waals surface area contributed by atoms with Crippen molar-refractivity contribution >= 4 is 11.9 Å². The highest BCUT2D eigenvalue weighted by Gasteiger charge is 2.27. The molecular formula is C16H31N3O4. The van der Waals surface area contributed by atoms with Gasteiger partial charge in [-0.15, -0.1) is 0 Å². The molecule has 23 heavy (non-hydrogen) atoms. The summed E-state index contributed by atoms with van der Waals surface area (Å²) in [5, 5.41) is 18.6. The molecule has 0 bridgehead atoms. The number of carbonyl (C=O) groups is 2. The van der Waals surface area contributed by atoms with Gasteiger partial charge in [0.05, 0.1) is 0 Å². The molecule has 1 fully saturated rings. The molecule has 1 rings (SSSR count). The number of hydrogen-bond acceptors (Lipinski definition) is 5. The van der Waals surface area contributed by atoms with Crippen molar-refractivity contribution in [2.45, 2.75) is 52.2 Å². The van der Waals surface area contributed by atoms with Gasteiger partial charge in [-0.05, 0) is 27.2 Å². The maximum atomic E-state index is 11.3. The first-order chi connectivity index (χ1) is 10.8. The lowest BCUT2D eigenvalue weighted by Crippen LogP contribution is -2.47. The molecule has 0 spiro atoms. The van der Waals surface area contributed by atoms with Crippen molar-refractivity contribution in [3.63, 3.8) is 0 Å². The molecule has 0 amide bonds. The summed E-state index contributed by atoms with van der Waals surface area (Å²) in [6.45, 7) is 11.8. The lowest BCUT2D eigenvalue weighted by Gasteiger charge is -2.31. The second-order valence-electron chi connectivity index (χ2n) is 6.39. The predicted molar refractivity (Wildman–Crippen MR) is 88.7 cm³/mol. The summed E-state index contributed by atoms with van der Waals surface area (Å²) in [4.78, 5) is 28.8. The number of nitrogens with zero attached hydrogens (tertiary/aromatic N) is 3. The number of carboxylic acid groups (broad SMARTS) is 2. The summed E-state index contributed by atoms with van der Waals surface area (Å²) >= 11 is 0. The van der Waals surface area contributed by atoms with Gasteiger partial charge in [0.1, 0.15) is 12.1 Å². The van der Waals surface area contributed by atoms with E-state index in [9.17, 15) is 19.8 Å². The Hall–Kier alpha value is -1.18. The van der Waals surface area contributed by atoms with Crippen LogP contribution in [-0.4, -0.2) is 94.2 Å². The van der Waals surface area contributed by atoms with Crippen molar-refractivity contribution in [1.29, 1.82) is 0 Å². The van der Waals surface area contributed by atoms with E-state index in [0.717, 1.165) is 19.5 Å². The van der Waals surface area contributed by atoms with Crippen molar-refractivity contribution in [2.75, 3.05) is 39.3 Å². The Morgan fingerprint density at radius 2 is 1.09 bits per heavy atom. The van der Waals surface area contributed by atoms with Gasteiger partial charge in [-0.3, -0.25) is 24.3 Å². The van der Waals surface area contributed by atoms with Gasteiger partial charge in [0.15, 0.2) is 0 Å². The van der Waals surface area contributed by atoms with E-state index in [2.05, 4.69) is 18.7 Å². The molecule has 3 unspecified atom stereocenters. The number of hydrogen-bond donors (Lipinski definition) is 2. The van der Waals surface area contributed by atoms with E-state index in [-0.39, 0.29) is 0 Å². The van der Waals surface area contributed by atoms with E-state index in [1.807, 2.05) is 9.80 Å². The van der Waals surface area contributed by atoms with Crippen LogP contribution in [0.15, 0.2) is 0 Å². The Kier molecular flexibility index (Phi) is 7.94. The largest absolute Gasteiger partial charge is 0.480 e. The molecule has 0 aromatic rings. The SMILES string of the molecule is CCC(C)N1CCN(C(C)C(=O)O)CCN(C(C)C(=O)O)CC1. The van der Waals surface area contributed by atoms with Crippen molar-refractivity contribution < 1.29 is 19.8 Å². The summed E-state index contributed by atoms with van der Waals surface area (Å²) in [5.41, 5.74) is 0. The lowest BCUT2D eigenvalue weighted by molar-refractivity contribution is -0.144. The average Bonchev–Trinajstić information content (AvgIpc) is 2.62. The Morgan fingerprint density at radius 3 is 1.35 bits per heavy atom. The summed E-state index contributed by atoms with van der Waals surface area (Å²) in [7, 11) is 0. The number of carboxylic acids is 2. The van der Waals surface area contributed by atoms with Crippen LogP contribution in [0.2, 0.25) is 0 Å². The first-order valence-electron chi connectivity index (χ1n) is 8.45. The second-order valence-corrected chi connectivity index (χ2v) is 6.39. The molecule has 0 radical (unpaired) electrons. The fourth-order valence-electron chi connectivity index (χ4n) is 2.89. The molecule has 134 valence electrons. The van der Waals surface area contributed by atoms with E-state index in [0.29, 0.717) is 32.2 Å². The van der Waals surface area contributed by atoms with E-state index in [4.69, 9.17) is 0 Å². The molecule has 0 saturated carbocycles. The fourth-order valence-corrected chi connectivity index (χ4v) is 2.89. The van der Waals surface area contributed by atoms with Gasteiger partial charge in [-0.1, -0.05) is 6.92 Å². The Labute approximate surface area is 138 Å². The highest BCUT2D eigenvalue weighted by molar-refractivity contribution is 5.73. The molecule has 7 heteroatoms. The third-order valence-corrected chi connectivity index (χ3v) is 5.05. The summed E-state index contributed by atoms with van der Waals surface area (Å²) in [6.07, 6.45) is 1.02. The average molecular weight is 329 g/mol. The zero-order valence-electron chi connectivity index (χ0n) is 14.7. The van der Waals surface area contributed by atoms with E-state index < -0.39 is 24.0 Å². The van der Waals surface area contributed by atoms with Crippen LogP contribution < -0.4 is 0 Å². The van der Waals surface area contributed by atoms with E-state index >= 15 is 0 Å². The molecule has 1 aliphatic rings. The second kappa shape index (κ2) is 9.20. The molecule has 1 saturated heterocycles. The van der Waals surface area contributed by atoms with Crippen LogP contribution in [0.5, 0.6) is 0 Å². The van der Waals surface area contributed by atoms with Crippen LogP contribution in [0.3, 0.4) is 0 Å². The standard InChI is InChI=1S/C16H31N3O4/c1-5-12(2)17-6-8-18(13(3)15(20)21)10-11-19(9-7-17)14(4)16(22)23/h12-14H,5-11H2,1-4H3,(H,20,21)(H,22,23). The van der Waals surface area contributed by atoms with Crippen molar-refractivity contribution in [2.24, 2.45) is 0 Å². The third kappa shape index (κ3) is 5.75. The minimum absolute atomic E-state index is 0.400. The van der Waals surface area contributed by atoms with Crippen LogP contribution in [0.4, 0.5) is 0 Å². The molecule has 1 heterocycles. The molecule has 1 aliphatic heterocycles. The minimum Gasteiger partial charge on any atom is -0.480 e. The zero-order valence-corrected chi connectivity index (χ0v) is 14.7. The lowest BCUT2D eigenvalue weighted by atomic mass is 10.2. The summed E-state index contributed by atoms with van der Waals surface area (Å²) in [6, 6.07) is -0.722. The van der Waals surface area contributed by atoms with Gasteiger partial charge in [0.2, 0.25) is 0 Å². The van der Waals surface area contributed by atoms with Crippen LogP contribution in [0, 0.1) is 0 Å². The van der Waals surface area contributed by atoms with Gasteiger partial charge >= 0.3 is 11.9 Å². The highest BCUT2D eigenvalue weighted by atomic mass is 16.4. The molecular weight excluding hydrogens is 298 g/mol. The Bertz CT molecular complexity index is 373. The van der Waals surface area contributed by atoms with Crippen LogP contribution in [-0.2, 0) is 9.59 Å². The predicted octanol–water partition coefficient (Wildman–Crippen LogP) is 0.651. The molecule has 0 aromatic heterocycles. The van der Waals surface area contributed by atoms with E-state index in [1.54, 1.807) is 13.8 Å². The first-order valence-corrected chi connectivity index (χ1v) is 8.45.